The van der Waals surface area contributed by atoms with Crippen LogP contribution in [0, 0.1) is 0 Å². The van der Waals surface area contributed by atoms with E-state index in [1.165, 1.54) is 0 Å². The maximum Gasteiger partial charge on any atom is 0.331 e. The molecule has 0 aliphatic heterocycles. The van der Waals surface area contributed by atoms with Crippen molar-refractivity contribution >= 4 is 29.2 Å². The van der Waals surface area contributed by atoms with Crippen LogP contribution in [0.5, 0.6) is 0 Å². The number of carboxylic acids is 1. The number of hydrogen-bond acceptors (Lipinski definition) is 1. The van der Waals surface area contributed by atoms with Crippen molar-refractivity contribution in [3.8, 4) is 0 Å². The van der Waals surface area contributed by atoms with Gasteiger partial charge in [0.15, 0.2) is 0 Å². The van der Waals surface area contributed by atoms with Crippen LogP contribution in [0.15, 0.2) is 30.4 Å². The van der Waals surface area contributed by atoms with Gasteiger partial charge in [-0.3, -0.25) is 0 Å². The number of rotatable bonds is 3. The quantitative estimate of drug-likeness (QED) is 0.811. The molecule has 14 heavy (non-hydrogen) atoms. The Kier molecular flexibility index (Phi) is 3.55. The Morgan fingerprint density at radius 3 is 2.57 bits per heavy atom. The second-order valence-electron chi connectivity index (χ2n) is 2.82. The predicted octanol–water partition coefficient (Wildman–Crippen LogP) is 3.18. The molecule has 0 unspecified atom stereocenters. The number of hydrogen-bond donors (Lipinski definition) is 1. The van der Waals surface area contributed by atoms with Crippen molar-refractivity contribution in [2.75, 3.05) is 0 Å². The molecule has 0 bridgehead atoms. The summed E-state index contributed by atoms with van der Waals surface area (Å²) in [7, 11) is 0. The molecule has 4 heteroatoms. The summed E-state index contributed by atoms with van der Waals surface area (Å²) in [5, 5.41) is 9.61. The van der Waals surface area contributed by atoms with Crippen molar-refractivity contribution in [2.24, 2.45) is 0 Å². The molecule has 0 aromatic heterocycles. The van der Waals surface area contributed by atoms with Gasteiger partial charge in [0.05, 0.1) is 0 Å². The smallest absolute Gasteiger partial charge is 0.331 e. The third-order valence-corrected chi connectivity index (χ3v) is 2.31. The van der Waals surface area contributed by atoms with E-state index in [4.69, 9.17) is 28.3 Å². The van der Waals surface area contributed by atoms with Gasteiger partial charge in [0.2, 0.25) is 0 Å². The molecule has 1 aromatic rings. The first kappa shape index (κ1) is 11.1. The molecule has 0 saturated heterocycles. The lowest BCUT2D eigenvalue weighted by atomic mass is 10.1. The summed E-state index contributed by atoms with van der Waals surface area (Å²) in [6, 6.07) is 4.93. The van der Waals surface area contributed by atoms with Gasteiger partial charge in [-0.1, -0.05) is 35.8 Å². The molecular formula is C10H8Cl2O2. The number of carboxylic acid groups (broad SMARTS) is 1. The zero-order valence-corrected chi connectivity index (χ0v) is 8.77. The van der Waals surface area contributed by atoms with Gasteiger partial charge < -0.3 is 5.11 Å². The standard InChI is InChI=1S/C10H8Cl2O2/c1-6(10(13)14)4-7-2-3-8(11)5-9(7)12/h2-3,5H,1,4H2,(H,13,14). The lowest BCUT2D eigenvalue weighted by Gasteiger charge is -2.03. The molecule has 74 valence electrons. The summed E-state index contributed by atoms with van der Waals surface area (Å²) in [5.74, 6) is -1.02. The highest BCUT2D eigenvalue weighted by atomic mass is 35.5. The summed E-state index contributed by atoms with van der Waals surface area (Å²) in [6.07, 6.45) is 0.228. The second kappa shape index (κ2) is 4.49. The molecule has 0 aliphatic carbocycles. The largest absolute Gasteiger partial charge is 0.478 e. The van der Waals surface area contributed by atoms with Gasteiger partial charge in [-0.05, 0) is 17.7 Å². The first-order valence-electron chi connectivity index (χ1n) is 3.85. The van der Waals surface area contributed by atoms with Crippen LogP contribution in [-0.4, -0.2) is 11.1 Å². The minimum Gasteiger partial charge on any atom is -0.478 e. The molecule has 0 aliphatic rings. The Morgan fingerprint density at radius 1 is 1.43 bits per heavy atom. The zero-order valence-electron chi connectivity index (χ0n) is 7.26. The van der Waals surface area contributed by atoms with E-state index in [2.05, 4.69) is 6.58 Å². The van der Waals surface area contributed by atoms with E-state index in [-0.39, 0.29) is 12.0 Å². The van der Waals surface area contributed by atoms with Gasteiger partial charge in [-0.2, -0.15) is 0 Å². The fraction of sp³-hybridized carbons (Fsp3) is 0.100. The third-order valence-electron chi connectivity index (χ3n) is 1.72. The minimum atomic E-state index is -1.02. The maximum atomic E-state index is 10.5. The Morgan fingerprint density at radius 2 is 2.07 bits per heavy atom. The van der Waals surface area contributed by atoms with Gasteiger partial charge in [0.25, 0.3) is 0 Å². The van der Waals surface area contributed by atoms with Crippen LogP contribution >= 0.6 is 23.2 Å². The SMILES string of the molecule is C=C(Cc1ccc(Cl)cc1Cl)C(=O)O. The van der Waals surface area contributed by atoms with E-state index in [9.17, 15) is 4.79 Å². The van der Waals surface area contributed by atoms with Crippen LogP contribution in [-0.2, 0) is 11.2 Å². The zero-order chi connectivity index (χ0) is 10.7. The van der Waals surface area contributed by atoms with Crippen molar-refractivity contribution in [2.45, 2.75) is 6.42 Å². The van der Waals surface area contributed by atoms with Crippen molar-refractivity contribution in [1.29, 1.82) is 0 Å². The van der Waals surface area contributed by atoms with Crippen LogP contribution in [0.3, 0.4) is 0 Å². The highest BCUT2D eigenvalue weighted by Crippen LogP contribution is 2.22. The number of halogens is 2. The minimum absolute atomic E-state index is 0.106. The molecule has 0 saturated carbocycles. The molecule has 0 heterocycles. The lowest BCUT2D eigenvalue weighted by Crippen LogP contribution is -2.02. The lowest BCUT2D eigenvalue weighted by molar-refractivity contribution is -0.132. The molecule has 0 spiro atoms. The van der Waals surface area contributed by atoms with Gasteiger partial charge in [-0.15, -0.1) is 0 Å². The van der Waals surface area contributed by atoms with Crippen LogP contribution in [0.4, 0.5) is 0 Å². The molecule has 0 fully saturated rings. The molecule has 0 amide bonds. The Balaban J connectivity index is 2.87. The van der Waals surface area contributed by atoms with Crippen molar-refractivity contribution in [3.05, 3.63) is 46.0 Å². The summed E-state index contributed by atoms with van der Waals surface area (Å²) in [5.41, 5.74) is 0.817. The van der Waals surface area contributed by atoms with Gasteiger partial charge in [0, 0.05) is 22.0 Å². The van der Waals surface area contributed by atoms with Crippen molar-refractivity contribution in [3.63, 3.8) is 0 Å². The van der Waals surface area contributed by atoms with Crippen LogP contribution in [0.1, 0.15) is 5.56 Å². The summed E-state index contributed by atoms with van der Waals surface area (Å²) in [6.45, 7) is 3.42. The fourth-order valence-electron chi connectivity index (χ4n) is 0.971. The van der Waals surface area contributed by atoms with E-state index in [0.717, 1.165) is 0 Å². The number of benzene rings is 1. The Bertz CT molecular complexity index is 386. The molecule has 2 nitrogen and oxygen atoms in total. The van der Waals surface area contributed by atoms with E-state index >= 15 is 0 Å². The molecule has 0 radical (unpaired) electrons. The number of aliphatic carboxylic acids is 1. The van der Waals surface area contributed by atoms with E-state index in [0.29, 0.717) is 15.6 Å². The summed E-state index contributed by atoms with van der Waals surface area (Å²) in [4.78, 5) is 10.5. The highest BCUT2D eigenvalue weighted by molar-refractivity contribution is 6.35. The Labute approximate surface area is 91.8 Å². The average Bonchev–Trinajstić information content (AvgIpc) is 2.09. The first-order chi connectivity index (χ1) is 6.50. The Hall–Kier alpha value is -0.990. The molecule has 0 atom stereocenters. The summed E-state index contributed by atoms with van der Waals surface area (Å²) >= 11 is 11.6. The topological polar surface area (TPSA) is 37.3 Å². The van der Waals surface area contributed by atoms with Crippen LogP contribution < -0.4 is 0 Å². The highest BCUT2D eigenvalue weighted by Gasteiger charge is 2.08. The third kappa shape index (κ3) is 2.76. The van der Waals surface area contributed by atoms with Crippen LogP contribution in [0.2, 0.25) is 10.0 Å². The maximum absolute atomic E-state index is 10.5. The van der Waals surface area contributed by atoms with E-state index in [1.807, 2.05) is 0 Å². The molecule has 1 aromatic carbocycles. The molecule has 1 rings (SSSR count). The normalized spacial score (nSPS) is 9.86. The van der Waals surface area contributed by atoms with Gasteiger partial charge in [0.1, 0.15) is 0 Å². The van der Waals surface area contributed by atoms with Gasteiger partial charge in [-0.25, -0.2) is 4.79 Å². The van der Waals surface area contributed by atoms with E-state index < -0.39 is 5.97 Å². The van der Waals surface area contributed by atoms with Crippen molar-refractivity contribution < 1.29 is 9.90 Å². The van der Waals surface area contributed by atoms with Gasteiger partial charge >= 0.3 is 5.97 Å². The predicted molar refractivity (Wildman–Crippen MR) is 56.9 cm³/mol. The van der Waals surface area contributed by atoms with Crippen molar-refractivity contribution in [1.82, 2.24) is 0 Å². The summed E-state index contributed by atoms with van der Waals surface area (Å²) < 4.78 is 0. The molecular weight excluding hydrogens is 223 g/mol. The monoisotopic (exact) mass is 230 g/mol. The first-order valence-corrected chi connectivity index (χ1v) is 4.61. The fourth-order valence-corrected chi connectivity index (χ4v) is 1.45. The van der Waals surface area contributed by atoms with Crippen LogP contribution in [0.25, 0.3) is 0 Å². The second-order valence-corrected chi connectivity index (χ2v) is 3.66. The molecule has 1 N–H and O–H groups in total. The van der Waals surface area contributed by atoms with E-state index in [1.54, 1.807) is 18.2 Å². The average molecular weight is 231 g/mol. The number of carbonyl (C=O) groups is 1.